The van der Waals surface area contributed by atoms with Crippen molar-refractivity contribution >= 4 is 40.7 Å². The average Bonchev–Trinajstić information content (AvgIpc) is 3.45. The molecule has 36 heavy (non-hydrogen) atoms. The number of hydrogen-bond acceptors (Lipinski definition) is 7. The fourth-order valence-electron chi connectivity index (χ4n) is 4.32. The summed E-state index contributed by atoms with van der Waals surface area (Å²) in [6, 6.07) is 15.3. The number of amides is 1. The molecule has 2 aromatic carbocycles. The molecule has 10 heteroatoms. The van der Waals surface area contributed by atoms with Crippen LogP contribution >= 0.6 is 11.8 Å². The maximum atomic E-state index is 12.6. The van der Waals surface area contributed by atoms with Crippen molar-refractivity contribution in [2.24, 2.45) is 10.2 Å². The van der Waals surface area contributed by atoms with E-state index in [4.69, 9.17) is 4.74 Å². The highest BCUT2D eigenvalue weighted by molar-refractivity contribution is 8.15. The van der Waals surface area contributed by atoms with Crippen LogP contribution in [0.15, 0.2) is 58.7 Å². The zero-order valence-electron chi connectivity index (χ0n) is 19.9. The molecule has 1 amide bonds. The van der Waals surface area contributed by atoms with E-state index in [1.165, 1.54) is 11.8 Å². The van der Waals surface area contributed by atoms with E-state index in [1.807, 2.05) is 48.5 Å². The number of aromatic nitrogens is 2. The fourth-order valence-corrected chi connectivity index (χ4v) is 5.14. The van der Waals surface area contributed by atoms with Gasteiger partial charge >= 0.3 is 5.97 Å². The van der Waals surface area contributed by atoms with Crippen LogP contribution in [0.3, 0.4) is 0 Å². The lowest BCUT2D eigenvalue weighted by Crippen LogP contribution is -2.30. The molecular weight excluding hydrogens is 478 g/mol. The number of fused-ring (bicyclic) bond motifs is 1. The molecule has 1 saturated heterocycles. The minimum absolute atomic E-state index is 0.0138. The maximum absolute atomic E-state index is 12.6. The second kappa shape index (κ2) is 10.1. The number of carboxylic acid groups (broad SMARTS) is 1. The van der Waals surface area contributed by atoms with Crippen LogP contribution < -0.4 is 4.90 Å². The first-order valence-electron chi connectivity index (χ1n) is 11.6. The number of para-hydroxylation sites is 1. The number of hydrogen-bond donors (Lipinski definition) is 1. The summed E-state index contributed by atoms with van der Waals surface area (Å²) in [5.41, 5.74) is 5.01. The summed E-state index contributed by atoms with van der Waals surface area (Å²) < 4.78 is 7.10. The van der Waals surface area contributed by atoms with E-state index in [9.17, 15) is 14.7 Å². The summed E-state index contributed by atoms with van der Waals surface area (Å²) in [4.78, 5) is 25.9. The van der Waals surface area contributed by atoms with Crippen molar-refractivity contribution in [2.45, 2.75) is 32.8 Å². The second-order valence-electron chi connectivity index (χ2n) is 8.74. The summed E-state index contributed by atoms with van der Waals surface area (Å²) in [7, 11) is 0. The van der Waals surface area contributed by atoms with Gasteiger partial charge in [0.15, 0.2) is 10.9 Å². The fraction of sp³-hybridized carbons (Fsp3) is 0.269. The van der Waals surface area contributed by atoms with Crippen LogP contribution in [0.25, 0.3) is 5.69 Å². The van der Waals surface area contributed by atoms with Crippen LogP contribution in [0.4, 0.5) is 5.69 Å². The van der Waals surface area contributed by atoms with Crippen molar-refractivity contribution in [2.75, 3.05) is 17.3 Å². The van der Waals surface area contributed by atoms with E-state index in [1.54, 1.807) is 15.8 Å². The zero-order chi connectivity index (χ0) is 25.2. The third-order valence-corrected chi connectivity index (χ3v) is 6.99. The number of carboxylic acids is 1. The minimum atomic E-state index is -1.06. The van der Waals surface area contributed by atoms with Crippen molar-refractivity contribution in [1.82, 2.24) is 9.78 Å². The molecule has 0 bridgehead atoms. The first kappa shape index (κ1) is 24.0. The lowest BCUT2D eigenvalue weighted by atomic mass is 10.0. The lowest BCUT2D eigenvalue weighted by Gasteiger charge is -2.20. The molecule has 1 N–H and O–H groups in total. The van der Waals surface area contributed by atoms with Crippen molar-refractivity contribution in [3.8, 4) is 5.69 Å². The molecule has 2 aliphatic rings. The number of anilines is 1. The summed E-state index contributed by atoms with van der Waals surface area (Å²) in [5, 5.41) is 22.9. The van der Waals surface area contributed by atoms with Gasteiger partial charge in [-0.05, 0) is 35.2 Å². The Kier molecular flexibility index (Phi) is 6.71. The highest BCUT2D eigenvalue weighted by Crippen LogP contribution is 2.33. The molecule has 0 unspecified atom stereocenters. The SMILES string of the molecule is CC(C)c1ccccc1N1C(=O)CSC1=NN=Cc1ccc(-n2nc(C(=O)O)c3c2CCOC3)cc1. The second-order valence-corrected chi connectivity index (χ2v) is 9.69. The number of amidine groups is 1. The van der Waals surface area contributed by atoms with Gasteiger partial charge < -0.3 is 9.84 Å². The summed E-state index contributed by atoms with van der Waals surface area (Å²) in [6.45, 7) is 4.98. The van der Waals surface area contributed by atoms with Gasteiger partial charge in [-0.2, -0.15) is 10.2 Å². The number of ether oxygens (including phenoxy) is 1. The van der Waals surface area contributed by atoms with E-state index in [-0.39, 0.29) is 24.1 Å². The average molecular weight is 504 g/mol. The molecule has 0 atom stereocenters. The van der Waals surface area contributed by atoms with Gasteiger partial charge in [0, 0.05) is 12.0 Å². The van der Waals surface area contributed by atoms with Gasteiger partial charge in [-0.1, -0.05) is 55.9 Å². The van der Waals surface area contributed by atoms with Crippen molar-refractivity contribution in [3.05, 3.63) is 76.6 Å². The molecule has 9 nitrogen and oxygen atoms in total. The Morgan fingerprint density at radius 1 is 1.19 bits per heavy atom. The number of rotatable bonds is 6. The van der Waals surface area contributed by atoms with E-state index in [2.05, 4.69) is 29.1 Å². The molecule has 3 heterocycles. The van der Waals surface area contributed by atoms with Gasteiger partial charge in [0.25, 0.3) is 0 Å². The van der Waals surface area contributed by atoms with Gasteiger partial charge in [0.05, 0.1) is 42.2 Å². The highest BCUT2D eigenvalue weighted by Gasteiger charge is 2.31. The Morgan fingerprint density at radius 3 is 2.72 bits per heavy atom. The zero-order valence-corrected chi connectivity index (χ0v) is 20.7. The summed E-state index contributed by atoms with van der Waals surface area (Å²) in [5.74, 6) is -0.485. The first-order valence-corrected chi connectivity index (χ1v) is 12.6. The number of nitrogens with zero attached hydrogens (tertiary/aromatic N) is 5. The first-order chi connectivity index (χ1) is 17.4. The topological polar surface area (TPSA) is 109 Å². The quantitative estimate of drug-likeness (QED) is 0.398. The Balaban J connectivity index is 1.37. The van der Waals surface area contributed by atoms with Crippen molar-refractivity contribution in [3.63, 3.8) is 0 Å². The van der Waals surface area contributed by atoms with E-state index < -0.39 is 5.97 Å². The Hall–Kier alpha value is -3.76. The molecule has 0 saturated carbocycles. The largest absolute Gasteiger partial charge is 0.476 e. The molecule has 2 aliphatic heterocycles. The van der Waals surface area contributed by atoms with Crippen LogP contribution in [-0.2, 0) is 22.6 Å². The van der Waals surface area contributed by atoms with Crippen molar-refractivity contribution in [1.29, 1.82) is 0 Å². The van der Waals surface area contributed by atoms with E-state index in [0.29, 0.717) is 29.5 Å². The molecule has 1 fully saturated rings. The Morgan fingerprint density at radius 2 is 1.97 bits per heavy atom. The molecule has 5 rings (SSSR count). The summed E-state index contributed by atoms with van der Waals surface area (Å²) in [6.07, 6.45) is 2.23. The van der Waals surface area contributed by atoms with E-state index >= 15 is 0 Å². The smallest absolute Gasteiger partial charge is 0.356 e. The van der Waals surface area contributed by atoms with Crippen LogP contribution in [-0.4, -0.2) is 50.5 Å². The molecule has 0 radical (unpaired) electrons. The molecule has 0 spiro atoms. The Labute approximate surface area is 212 Å². The number of aromatic carboxylic acids is 1. The Bertz CT molecular complexity index is 1380. The van der Waals surface area contributed by atoms with Gasteiger partial charge in [0.1, 0.15) is 0 Å². The van der Waals surface area contributed by atoms with Crippen LogP contribution in [0.1, 0.15) is 52.6 Å². The van der Waals surface area contributed by atoms with Gasteiger partial charge in [0.2, 0.25) is 5.91 Å². The molecule has 0 aliphatic carbocycles. The predicted octanol–water partition coefficient (Wildman–Crippen LogP) is 4.24. The van der Waals surface area contributed by atoms with Gasteiger partial charge in [-0.3, -0.25) is 9.69 Å². The van der Waals surface area contributed by atoms with Gasteiger partial charge in [-0.25, -0.2) is 9.48 Å². The third-order valence-electron chi connectivity index (χ3n) is 6.07. The summed E-state index contributed by atoms with van der Waals surface area (Å²) >= 11 is 1.37. The number of benzene rings is 2. The van der Waals surface area contributed by atoms with Crippen LogP contribution in [0, 0.1) is 0 Å². The van der Waals surface area contributed by atoms with E-state index in [0.717, 1.165) is 28.2 Å². The molecular formula is C26H25N5O4S. The monoisotopic (exact) mass is 503 g/mol. The number of carbonyl (C=O) groups excluding carboxylic acids is 1. The standard InChI is InChI=1S/C26H25N5O4S/c1-16(2)19-5-3-4-6-21(19)30-23(32)15-36-26(30)28-27-13-17-7-9-18(10-8-17)31-22-11-12-35-14-20(22)24(29-31)25(33)34/h3-10,13,16H,11-12,14-15H2,1-2H3,(H,33,34). The lowest BCUT2D eigenvalue weighted by molar-refractivity contribution is -0.115. The van der Waals surface area contributed by atoms with Gasteiger partial charge in [-0.15, -0.1) is 5.10 Å². The third kappa shape index (κ3) is 4.57. The normalized spacial score (nSPS) is 16.9. The maximum Gasteiger partial charge on any atom is 0.356 e. The molecule has 184 valence electrons. The number of thioether (sulfide) groups is 1. The minimum Gasteiger partial charge on any atom is -0.476 e. The molecule has 3 aromatic rings. The predicted molar refractivity (Wildman–Crippen MR) is 139 cm³/mol. The van der Waals surface area contributed by atoms with Crippen molar-refractivity contribution < 1.29 is 19.4 Å². The van der Waals surface area contributed by atoms with Crippen LogP contribution in [0.2, 0.25) is 0 Å². The molecule has 1 aromatic heterocycles. The highest BCUT2D eigenvalue weighted by atomic mass is 32.2. The van der Waals surface area contributed by atoms with Crippen LogP contribution in [0.5, 0.6) is 0 Å². The number of carbonyl (C=O) groups is 2.